The molecule has 1 atom stereocenters. The average Bonchev–Trinajstić information content (AvgIpc) is 2.92. The zero-order chi connectivity index (χ0) is 13.0. The monoisotopic (exact) mass is 246 g/mol. The number of anilines is 1. The van der Waals surface area contributed by atoms with Gasteiger partial charge in [0.2, 0.25) is 18.2 Å². The number of nitrogens with two attached hydrogens (primary N) is 1. The van der Waals surface area contributed by atoms with Gasteiger partial charge in [-0.15, -0.1) is 10.2 Å². The van der Waals surface area contributed by atoms with Crippen molar-refractivity contribution >= 4 is 11.6 Å². The van der Waals surface area contributed by atoms with Crippen molar-refractivity contribution in [1.29, 1.82) is 0 Å². The highest BCUT2D eigenvalue weighted by atomic mass is 16.4. The van der Waals surface area contributed by atoms with Gasteiger partial charge in [-0.1, -0.05) is 6.92 Å². The van der Waals surface area contributed by atoms with Crippen LogP contribution in [0.5, 0.6) is 0 Å². The maximum atomic E-state index is 11.6. The van der Waals surface area contributed by atoms with E-state index in [0.717, 1.165) is 5.56 Å². The minimum atomic E-state index is -0.486. The molecule has 0 unspecified atom stereocenters. The molecule has 2 aromatic rings. The number of benzene rings is 1. The second-order valence-electron chi connectivity index (χ2n) is 3.83. The minimum Gasteiger partial charge on any atom is -0.423 e. The number of nitrogens with zero attached hydrogens (tertiary/aromatic N) is 2. The van der Waals surface area contributed by atoms with Crippen molar-refractivity contribution in [3.8, 4) is 11.5 Å². The van der Waals surface area contributed by atoms with Crippen molar-refractivity contribution in [3.05, 3.63) is 30.7 Å². The van der Waals surface area contributed by atoms with E-state index in [0.29, 0.717) is 18.0 Å². The highest BCUT2D eigenvalue weighted by Crippen LogP contribution is 2.18. The normalized spacial score (nSPS) is 12.1. The molecule has 0 bridgehead atoms. The van der Waals surface area contributed by atoms with Gasteiger partial charge in [0.1, 0.15) is 0 Å². The number of hydrogen-bond donors (Lipinski definition) is 2. The number of amides is 1. The van der Waals surface area contributed by atoms with Crippen LogP contribution in [-0.2, 0) is 4.79 Å². The SMILES string of the molecule is CC[C@@H](N)C(=O)Nc1ccc(-c2nnco2)cc1. The molecule has 0 saturated carbocycles. The molecule has 0 radical (unpaired) electrons. The molecule has 6 heteroatoms. The standard InChI is InChI=1S/C12H14N4O2/c1-2-10(13)11(17)15-9-5-3-8(4-6-9)12-16-14-7-18-12/h3-7,10H,2,13H2,1H3,(H,15,17)/t10-/m1/s1. The summed E-state index contributed by atoms with van der Waals surface area (Å²) in [6, 6.07) is 6.63. The van der Waals surface area contributed by atoms with E-state index in [4.69, 9.17) is 10.2 Å². The summed E-state index contributed by atoms with van der Waals surface area (Å²) < 4.78 is 5.07. The molecule has 0 saturated heterocycles. The van der Waals surface area contributed by atoms with E-state index in [2.05, 4.69) is 15.5 Å². The van der Waals surface area contributed by atoms with Gasteiger partial charge in [0.15, 0.2) is 0 Å². The first-order valence-electron chi connectivity index (χ1n) is 5.63. The molecule has 3 N–H and O–H groups in total. The van der Waals surface area contributed by atoms with Crippen LogP contribution >= 0.6 is 0 Å². The van der Waals surface area contributed by atoms with E-state index in [1.807, 2.05) is 6.92 Å². The van der Waals surface area contributed by atoms with Crippen LogP contribution in [0, 0.1) is 0 Å². The molecule has 0 aliphatic heterocycles. The predicted molar refractivity (Wildman–Crippen MR) is 66.6 cm³/mol. The maximum Gasteiger partial charge on any atom is 0.247 e. The average molecular weight is 246 g/mol. The molecule has 18 heavy (non-hydrogen) atoms. The Labute approximate surface area is 104 Å². The number of hydrogen-bond acceptors (Lipinski definition) is 5. The van der Waals surface area contributed by atoms with E-state index in [-0.39, 0.29) is 5.91 Å². The molecule has 1 aromatic carbocycles. The Morgan fingerprint density at radius 3 is 2.72 bits per heavy atom. The number of carbonyl (C=O) groups is 1. The Kier molecular flexibility index (Phi) is 3.69. The van der Waals surface area contributed by atoms with Gasteiger partial charge in [-0.3, -0.25) is 4.79 Å². The molecule has 1 aromatic heterocycles. The molecule has 2 rings (SSSR count). The molecular weight excluding hydrogens is 232 g/mol. The summed E-state index contributed by atoms with van der Waals surface area (Å²) in [5.41, 5.74) is 7.11. The maximum absolute atomic E-state index is 11.6. The number of carbonyl (C=O) groups excluding carboxylic acids is 1. The van der Waals surface area contributed by atoms with E-state index < -0.39 is 6.04 Å². The number of rotatable bonds is 4. The summed E-state index contributed by atoms with van der Waals surface area (Å²) >= 11 is 0. The van der Waals surface area contributed by atoms with E-state index in [1.165, 1.54) is 6.39 Å². The number of nitrogens with one attached hydrogen (secondary N) is 1. The molecule has 0 aliphatic carbocycles. The van der Waals surface area contributed by atoms with E-state index in [9.17, 15) is 4.79 Å². The van der Waals surface area contributed by atoms with Crippen LogP contribution < -0.4 is 11.1 Å². The molecule has 0 aliphatic rings. The Morgan fingerprint density at radius 2 is 2.17 bits per heavy atom. The lowest BCUT2D eigenvalue weighted by Gasteiger charge is -2.09. The topological polar surface area (TPSA) is 94.0 Å². The fourth-order valence-electron chi connectivity index (χ4n) is 1.42. The third kappa shape index (κ3) is 2.72. The zero-order valence-electron chi connectivity index (χ0n) is 9.96. The van der Waals surface area contributed by atoms with Crippen molar-refractivity contribution in [3.63, 3.8) is 0 Å². The van der Waals surface area contributed by atoms with Gasteiger partial charge in [0.25, 0.3) is 0 Å². The van der Waals surface area contributed by atoms with Gasteiger partial charge in [-0.2, -0.15) is 0 Å². The summed E-state index contributed by atoms with van der Waals surface area (Å²) in [7, 11) is 0. The number of aromatic nitrogens is 2. The molecular formula is C12H14N4O2. The minimum absolute atomic E-state index is 0.192. The first kappa shape index (κ1) is 12.3. The van der Waals surface area contributed by atoms with Gasteiger partial charge in [-0.05, 0) is 30.7 Å². The first-order valence-corrected chi connectivity index (χ1v) is 5.63. The Hall–Kier alpha value is -2.21. The van der Waals surface area contributed by atoms with E-state index in [1.54, 1.807) is 24.3 Å². The van der Waals surface area contributed by atoms with Crippen LogP contribution in [0.15, 0.2) is 35.1 Å². The largest absolute Gasteiger partial charge is 0.423 e. The van der Waals surface area contributed by atoms with Crippen molar-refractivity contribution in [1.82, 2.24) is 10.2 Å². The Balaban J connectivity index is 2.06. The smallest absolute Gasteiger partial charge is 0.247 e. The first-order chi connectivity index (χ1) is 8.70. The van der Waals surface area contributed by atoms with Gasteiger partial charge < -0.3 is 15.5 Å². The van der Waals surface area contributed by atoms with Gasteiger partial charge in [0, 0.05) is 11.3 Å². The summed E-state index contributed by atoms with van der Waals surface area (Å²) in [6.07, 6.45) is 1.87. The Bertz CT molecular complexity index is 507. The van der Waals surface area contributed by atoms with Gasteiger partial charge >= 0.3 is 0 Å². The fourth-order valence-corrected chi connectivity index (χ4v) is 1.42. The lowest BCUT2D eigenvalue weighted by atomic mass is 10.2. The van der Waals surface area contributed by atoms with Crippen LogP contribution in [0.25, 0.3) is 11.5 Å². The quantitative estimate of drug-likeness (QED) is 0.850. The predicted octanol–water partition coefficient (Wildman–Crippen LogP) is 1.41. The molecule has 94 valence electrons. The molecule has 1 amide bonds. The van der Waals surface area contributed by atoms with Crippen LogP contribution in [0.4, 0.5) is 5.69 Å². The second kappa shape index (κ2) is 5.42. The highest BCUT2D eigenvalue weighted by molar-refractivity contribution is 5.94. The van der Waals surface area contributed by atoms with Crippen molar-refractivity contribution < 1.29 is 9.21 Å². The van der Waals surface area contributed by atoms with Crippen molar-refractivity contribution in [2.24, 2.45) is 5.73 Å². The second-order valence-corrected chi connectivity index (χ2v) is 3.83. The summed E-state index contributed by atoms with van der Waals surface area (Å²) in [5, 5.41) is 10.1. The summed E-state index contributed by atoms with van der Waals surface area (Å²) in [6.45, 7) is 1.86. The summed E-state index contributed by atoms with van der Waals surface area (Å²) in [5.74, 6) is 0.251. The van der Waals surface area contributed by atoms with Crippen LogP contribution in [0.1, 0.15) is 13.3 Å². The lowest BCUT2D eigenvalue weighted by Crippen LogP contribution is -2.34. The van der Waals surface area contributed by atoms with Crippen LogP contribution in [0.3, 0.4) is 0 Å². The van der Waals surface area contributed by atoms with Crippen LogP contribution in [-0.4, -0.2) is 22.1 Å². The molecule has 0 spiro atoms. The van der Waals surface area contributed by atoms with Gasteiger partial charge in [-0.25, -0.2) is 0 Å². The summed E-state index contributed by atoms with van der Waals surface area (Å²) in [4.78, 5) is 11.6. The fraction of sp³-hybridized carbons (Fsp3) is 0.250. The molecule has 1 heterocycles. The van der Waals surface area contributed by atoms with Crippen LogP contribution in [0.2, 0.25) is 0 Å². The highest BCUT2D eigenvalue weighted by Gasteiger charge is 2.11. The third-order valence-electron chi connectivity index (χ3n) is 2.54. The Morgan fingerprint density at radius 1 is 1.44 bits per heavy atom. The zero-order valence-corrected chi connectivity index (χ0v) is 9.96. The third-order valence-corrected chi connectivity index (χ3v) is 2.54. The van der Waals surface area contributed by atoms with E-state index >= 15 is 0 Å². The molecule has 0 fully saturated rings. The van der Waals surface area contributed by atoms with Crippen molar-refractivity contribution in [2.45, 2.75) is 19.4 Å². The molecule has 6 nitrogen and oxygen atoms in total. The van der Waals surface area contributed by atoms with Crippen molar-refractivity contribution in [2.75, 3.05) is 5.32 Å². The van der Waals surface area contributed by atoms with Gasteiger partial charge in [0.05, 0.1) is 6.04 Å². The lowest BCUT2D eigenvalue weighted by molar-refractivity contribution is -0.117.